The molecule has 1 aliphatic carbocycles. The van der Waals surface area contributed by atoms with Gasteiger partial charge in [0.05, 0.1) is 5.52 Å². The van der Waals surface area contributed by atoms with Crippen molar-refractivity contribution < 1.29 is 4.79 Å². The Morgan fingerprint density at radius 1 is 1.50 bits per heavy atom. The first-order valence-corrected chi connectivity index (χ1v) is 5.49. The minimum atomic E-state index is 0.131. The van der Waals surface area contributed by atoms with Gasteiger partial charge in [-0.2, -0.15) is 5.10 Å². The van der Waals surface area contributed by atoms with Crippen LogP contribution >= 0.6 is 0 Å². The lowest BCUT2D eigenvalue weighted by Crippen LogP contribution is -2.12. The average Bonchev–Trinajstić information content (AvgIpc) is 3.05. The number of nitrogens with one attached hydrogen (secondary N) is 2. The molecule has 2 aromatic rings. The summed E-state index contributed by atoms with van der Waals surface area (Å²) in [5.74, 6) is 0.364. The van der Waals surface area contributed by atoms with Crippen LogP contribution in [0.25, 0.3) is 10.9 Å². The highest BCUT2D eigenvalue weighted by atomic mass is 16.2. The van der Waals surface area contributed by atoms with Crippen LogP contribution in [-0.4, -0.2) is 16.1 Å². The van der Waals surface area contributed by atoms with E-state index in [0.717, 1.165) is 35.1 Å². The van der Waals surface area contributed by atoms with Gasteiger partial charge in [0, 0.05) is 22.7 Å². The van der Waals surface area contributed by atoms with E-state index in [0.29, 0.717) is 0 Å². The molecule has 1 heterocycles. The molecule has 0 spiro atoms. The third-order valence-electron chi connectivity index (χ3n) is 2.96. The number of fused-ring (bicyclic) bond motifs is 1. The Hall–Kier alpha value is -1.84. The third kappa shape index (κ3) is 1.56. The zero-order valence-corrected chi connectivity index (χ0v) is 9.08. The standard InChI is InChI=1S/C12H13N3O/c1-7-10-5-4-9(6-11(10)15-14-7)13-12(16)8-2-3-8/h4-6,8H,2-3H2,1H3,(H,13,16)(H,14,15). The summed E-state index contributed by atoms with van der Waals surface area (Å²) in [5.41, 5.74) is 2.78. The van der Waals surface area contributed by atoms with E-state index in [-0.39, 0.29) is 11.8 Å². The zero-order valence-electron chi connectivity index (χ0n) is 9.08. The molecule has 1 aliphatic rings. The van der Waals surface area contributed by atoms with Gasteiger partial charge in [-0.15, -0.1) is 0 Å². The van der Waals surface area contributed by atoms with Crippen LogP contribution in [0.1, 0.15) is 18.5 Å². The molecule has 16 heavy (non-hydrogen) atoms. The van der Waals surface area contributed by atoms with Gasteiger partial charge in [-0.25, -0.2) is 0 Å². The highest BCUT2D eigenvalue weighted by molar-refractivity contribution is 5.96. The maximum absolute atomic E-state index is 11.6. The van der Waals surface area contributed by atoms with Crippen LogP contribution in [-0.2, 0) is 4.79 Å². The number of aryl methyl sites for hydroxylation is 1. The summed E-state index contributed by atoms with van der Waals surface area (Å²) < 4.78 is 0. The van der Waals surface area contributed by atoms with Crippen LogP contribution < -0.4 is 5.32 Å². The van der Waals surface area contributed by atoms with Crippen molar-refractivity contribution >= 4 is 22.5 Å². The first kappa shape index (κ1) is 9.39. The van der Waals surface area contributed by atoms with E-state index in [2.05, 4.69) is 15.5 Å². The van der Waals surface area contributed by atoms with E-state index >= 15 is 0 Å². The van der Waals surface area contributed by atoms with Crippen LogP contribution in [0.2, 0.25) is 0 Å². The number of H-pyrrole nitrogens is 1. The highest BCUT2D eigenvalue weighted by Crippen LogP contribution is 2.30. The van der Waals surface area contributed by atoms with Crippen LogP contribution in [0, 0.1) is 12.8 Å². The molecule has 0 saturated heterocycles. The fourth-order valence-corrected chi connectivity index (χ4v) is 1.81. The van der Waals surface area contributed by atoms with Gasteiger partial charge in [-0.1, -0.05) is 0 Å². The minimum absolute atomic E-state index is 0.131. The topological polar surface area (TPSA) is 57.8 Å². The normalized spacial score (nSPS) is 15.3. The Labute approximate surface area is 93.0 Å². The Bertz CT molecular complexity index is 554. The highest BCUT2D eigenvalue weighted by Gasteiger charge is 2.29. The number of carbonyl (C=O) groups is 1. The molecule has 0 radical (unpaired) electrons. The van der Waals surface area contributed by atoms with Crippen molar-refractivity contribution in [1.29, 1.82) is 0 Å². The summed E-state index contributed by atoms with van der Waals surface area (Å²) in [4.78, 5) is 11.6. The van der Waals surface area contributed by atoms with Gasteiger partial charge in [-0.3, -0.25) is 9.89 Å². The molecule has 82 valence electrons. The number of anilines is 1. The van der Waals surface area contributed by atoms with Gasteiger partial charge < -0.3 is 5.32 Å². The van der Waals surface area contributed by atoms with Gasteiger partial charge in [0.25, 0.3) is 0 Å². The number of aromatic amines is 1. The van der Waals surface area contributed by atoms with Gasteiger partial charge in [0.2, 0.25) is 5.91 Å². The first-order chi connectivity index (χ1) is 7.74. The van der Waals surface area contributed by atoms with Crippen molar-refractivity contribution in [3.05, 3.63) is 23.9 Å². The molecule has 4 nitrogen and oxygen atoms in total. The molecule has 2 N–H and O–H groups in total. The van der Waals surface area contributed by atoms with Crippen molar-refractivity contribution in [2.75, 3.05) is 5.32 Å². The van der Waals surface area contributed by atoms with Gasteiger partial charge in [0.15, 0.2) is 0 Å². The van der Waals surface area contributed by atoms with E-state index < -0.39 is 0 Å². The monoisotopic (exact) mass is 215 g/mol. The second-order valence-electron chi connectivity index (χ2n) is 4.34. The second kappa shape index (κ2) is 3.33. The summed E-state index contributed by atoms with van der Waals surface area (Å²) in [7, 11) is 0. The number of amides is 1. The molecule has 1 aromatic carbocycles. The molecule has 3 rings (SSSR count). The van der Waals surface area contributed by atoms with Crippen LogP contribution in [0.5, 0.6) is 0 Å². The number of carbonyl (C=O) groups excluding carboxylic acids is 1. The molecule has 1 amide bonds. The Morgan fingerprint density at radius 3 is 3.06 bits per heavy atom. The Kier molecular flexibility index (Phi) is 1.96. The Morgan fingerprint density at radius 2 is 2.31 bits per heavy atom. The van der Waals surface area contributed by atoms with Gasteiger partial charge in [-0.05, 0) is 38.0 Å². The summed E-state index contributed by atoms with van der Waals surface area (Å²) in [6.07, 6.45) is 2.05. The summed E-state index contributed by atoms with van der Waals surface area (Å²) in [6.45, 7) is 1.98. The lowest BCUT2D eigenvalue weighted by molar-refractivity contribution is -0.117. The molecule has 1 fully saturated rings. The molecule has 1 aromatic heterocycles. The lowest BCUT2D eigenvalue weighted by Gasteiger charge is -2.03. The summed E-state index contributed by atoms with van der Waals surface area (Å²) >= 11 is 0. The largest absolute Gasteiger partial charge is 0.326 e. The number of hydrogen-bond donors (Lipinski definition) is 2. The second-order valence-corrected chi connectivity index (χ2v) is 4.34. The minimum Gasteiger partial charge on any atom is -0.326 e. The fourth-order valence-electron chi connectivity index (χ4n) is 1.81. The maximum atomic E-state index is 11.6. The van der Waals surface area contributed by atoms with E-state index in [1.54, 1.807) is 0 Å². The first-order valence-electron chi connectivity index (χ1n) is 5.49. The van der Waals surface area contributed by atoms with Crippen LogP contribution in [0.4, 0.5) is 5.69 Å². The predicted octanol–water partition coefficient (Wildman–Crippen LogP) is 2.22. The molecule has 4 heteroatoms. The summed E-state index contributed by atoms with van der Waals surface area (Å²) in [5, 5.41) is 11.1. The van der Waals surface area contributed by atoms with Crippen LogP contribution in [0.15, 0.2) is 18.2 Å². The van der Waals surface area contributed by atoms with Crippen molar-refractivity contribution in [3.63, 3.8) is 0 Å². The van der Waals surface area contributed by atoms with Crippen molar-refractivity contribution in [3.8, 4) is 0 Å². The number of nitrogens with zero attached hydrogens (tertiary/aromatic N) is 1. The van der Waals surface area contributed by atoms with Gasteiger partial charge in [0.1, 0.15) is 0 Å². The number of rotatable bonds is 2. The fraction of sp³-hybridized carbons (Fsp3) is 0.333. The number of hydrogen-bond acceptors (Lipinski definition) is 2. The molecule has 0 bridgehead atoms. The number of aromatic nitrogens is 2. The van der Waals surface area contributed by atoms with E-state index in [1.807, 2.05) is 25.1 Å². The Balaban J connectivity index is 1.89. The number of benzene rings is 1. The van der Waals surface area contributed by atoms with Crippen molar-refractivity contribution in [2.45, 2.75) is 19.8 Å². The predicted molar refractivity (Wildman–Crippen MR) is 62.2 cm³/mol. The van der Waals surface area contributed by atoms with Crippen LogP contribution in [0.3, 0.4) is 0 Å². The zero-order chi connectivity index (χ0) is 11.1. The SMILES string of the molecule is Cc1[nH]nc2cc(NC(=O)C3CC3)ccc12. The van der Waals surface area contributed by atoms with E-state index in [4.69, 9.17) is 0 Å². The quantitative estimate of drug-likeness (QED) is 0.807. The van der Waals surface area contributed by atoms with E-state index in [9.17, 15) is 4.79 Å². The smallest absolute Gasteiger partial charge is 0.227 e. The molecule has 0 aliphatic heterocycles. The summed E-state index contributed by atoms with van der Waals surface area (Å²) in [6, 6.07) is 5.81. The molecule has 0 atom stereocenters. The maximum Gasteiger partial charge on any atom is 0.227 e. The lowest BCUT2D eigenvalue weighted by atomic mass is 10.2. The van der Waals surface area contributed by atoms with Gasteiger partial charge >= 0.3 is 0 Å². The van der Waals surface area contributed by atoms with Crippen molar-refractivity contribution in [1.82, 2.24) is 10.2 Å². The molecule has 1 saturated carbocycles. The third-order valence-corrected chi connectivity index (χ3v) is 2.96. The van der Waals surface area contributed by atoms with Crippen molar-refractivity contribution in [2.24, 2.45) is 5.92 Å². The molecular formula is C12H13N3O. The molecule has 0 unspecified atom stereocenters. The molecular weight excluding hydrogens is 202 g/mol. The van der Waals surface area contributed by atoms with E-state index in [1.165, 1.54) is 0 Å². The average molecular weight is 215 g/mol.